The Morgan fingerprint density at radius 1 is 0.763 bits per heavy atom. The summed E-state index contributed by atoms with van der Waals surface area (Å²) in [6.07, 6.45) is 8.57. The zero-order valence-corrected chi connectivity index (χ0v) is 34.2. The zero-order chi connectivity index (χ0) is 42.5. The van der Waals surface area contributed by atoms with Crippen LogP contribution in [0.2, 0.25) is 0 Å². The highest BCUT2D eigenvalue weighted by molar-refractivity contribution is 14.1. The number of esters is 2. The molecule has 18 nitrogen and oxygen atoms in total. The van der Waals surface area contributed by atoms with E-state index in [1.54, 1.807) is 55.2 Å². The number of hydrogen-bond donors (Lipinski definition) is 2. The molecule has 300 valence electrons. The van der Waals surface area contributed by atoms with E-state index in [1.165, 1.54) is 41.1 Å². The van der Waals surface area contributed by atoms with Gasteiger partial charge in [0.25, 0.3) is 11.8 Å². The first-order valence-electron chi connectivity index (χ1n) is 17.6. The Balaban J connectivity index is 0.000000168. The number of carbonyl (C=O) groups is 4. The molecule has 2 aliphatic heterocycles. The first kappa shape index (κ1) is 41.8. The Morgan fingerprint density at radius 3 is 1.69 bits per heavy atom. The molecule has 19 heteroatoms. The van der Waals surface area contributed by atoms with Gasteiger partial charge in [-0.15, -0.1) is 16.6 Å². The number of ether oxygens (including phenoxy) is 2. The summed E-state index contributed by atoms with van der Waals surface area (Å²) < 4.78 is 13.7. The van der Waals surface area contributed by atoms with Gasteiger partial charge in [-0.1, -0.05) is 29.9 Å². The minimum Gasteiger partial charge on any atom is -0.464 e. The predicted molar refractivity (Wildman–Crippen MR) is 219 cm³/mol. The standard InChI is InChI=1S/C20H17N5O4.C13H9IN4O2.C7H9NO2/c1-24-11-9-20(28,19(24)27)8-6-13-4-3-5-14(12-13)25-17-15(7-10-21-22-17)16(23-25)18(26)29-2;1-20-13(19)11-10-5-6-15-16-12(10)18(17-11)9-4-2-3-8(14)7-9;1-3-7(10)4-5-8(2)6(7)9/h3-5,7,10,12,28H,9,11H2,1-2H3;2-7H,1H3;1,10H,4-5H2,2H3/t20-;;7-/m0.0/s1. The average Bonchev–Trinajstić information content (AvgIpc) is 3.99. The molecule has 0 bridgehead atoms. The molecule has 8 rings (SSSR count). The second kappa shape index (κ2) is 17.4. The fraction of sp³-hybridized carbons (Fsp3) is 0.250. The minimum absolute atomic E-state index is 0.128. The summed E-state index contributed by atoms with van der Waals surface area (Å²) in [6.45, 7) is 0.998. The first-order chi connectivity index (χ1) is 28.2. The van der Waals surface area contributed by atoms with Gasteiger partial charge in [-0.25, -0.2) is 19.0 Å². The molecule has 2 amide bonds. The lowest BCUT2D eigenvalue weighted by Gasteiger charge is -2.13. The van der Waals surface area contributed by atoms with Crippen molar-refractivity contribution in [3.8, 4) is 35.6 Å². The predicted octanol–water partition coefficient (Wildman–Crippen LogP) is 1.97. The molecular formula is C40H35IN10O8. The molecule has 59 heavy (non-hydrogen) atoms. The molecule has 2 fully saturated rings. The number of likely N-dealkylation sites (N-methyl/N-ethyl adjacent to an activating group) is 2. The van der Waals surface area contributed by atoms with Gasteiger partial charge >= 0.3 is 11.9 Å². The van der Waals surface area contributed by atoms with Crippen LogP contribution in [-0.4, -0.2) is 136 Å². The van der Waals surface area contributed by atoms with Crippen molar-refractivity contribution in [1.29, 1.82) is 0 Å². The number of rotatable bonds is 4. The van der Waals surface area contributed by atoms with E-state index in [2.05, 4.69) is 70.9 Å². The van der Waals surface area contributed by atoms with Crippen molar-refractivity contribution in [1.82, 2.24) is 49.8 Å². The van der Waals surface area contributed by atoms with Crippen molar-refractivity contribution >= 4 is 68.4 Å². The van der Waals surface area contributed by atoms with Crippen LogP contribution >= 0.6 is 22.6 Å². The molecule has 0 aliphatic carbocycles. The van der Waals surface area contributed by atoms with E-state index in [0.29, 0.717) is 52.8 Å². The number of benzene rings is 2. The summed E-state index contributed by atoms with van der Waals surface area (Å²) in [7, 11) is 5.86. The van der Waals surface area contributed by atoms with Gasteiger partial charge in [-0.05, 0) is 71.1 Å². The van der Waals surface area contributed by atoms with Gasteiger partial charge in [0.05, 0.1) is 48.8 Å². The van der Waals surface area contributed by atoms with E-state index in [-0.39, 0.29) is 23.7 Å². The summed E-state index contributed by atoms with van der Waals surface area (Å²) in [6, 6.07) is 18.1. The van der Waals surface area contributed by atoms with Gasteiger partial charge in [0.2, 0.25) is 11.2 Å². The van der Waals surface area contributed by atoms with Crippen LogP contribution in [0.25, 0.3) is 33.4 Å². The van der Waals surface area contributed by atoms with Gasteiger partial charge in [0, 0.05) is 49.2 Å². The highest BCUT2D eigenvalue weighted by Gasteiger charge is 2.43. The molecule has 4 aromatic heterocycles. The van der Waals surface area contributed by atoms with E-state index in [4.69, 9.17) is 15.9 Å². The number of carbonyl (C=O) groups excluding carboxylic acids is 4. The first-order valence-corrected chi connectivity index (χ1v) is 18.7. The average molecular weight is 911 g/mol. The fourth-order valence-corrected chi connectivity index (χ4v) is 6.57. The molecule has 2 aliphatic rings. The van der Waals surface area contributed by atoms with Crippen molar-refractivity contribution in [2.75, 3.05) is 41.4 Å². The minimum atomic E-state index is -1.67. The monoisotopic (exact) mass is 910 g/mol. The van der Waals surface area contributed by atoms with Gasteiger partial charge in [0.1, 0.15) is 0 Å². The number of aromatic nitrogens is 8. The summed E-state index contributed by atoms with van der Waals surface area (Å²) in [5.41, 5.74) is 0.0713. The molecule has 2 atom stereocenters. The SMILES string of the molecule is C#C[C@]1(O)CCN(C)C1=O.COC(=O)c1nn(-c2cccc(C#C[C@]3(O)CCN(C)C3=O)c2)c2nnccc12.COC(=O)c1nn(-c2cccc(I)c2)c2nnccc12. The van der Waals surface area contributed by atoms with Gasteiger partial charge in [-0.2, -0.15) is 20.4 Å². The molecule has 0 saturated carbocycles. The van der Waals surface area contributed by atoms with E-state index in [9.17, 15) is 29.4 Å². The van der Waals surface area contributed by atoms with Crippen LogP contribution in [0, 0.1) is 27.8 Å². The lowest BCUT2D eigenvalue weighted by atomic mass is 10.0. The summed E-state index contributed by atoms with van der Waals surface area (Å²) >= 11 is 2.21. The number of terminal acetylenes is 1. The lowest BCUT2D eigenvalue weighted by Crippen LogP contribution is -2.37. The largest absolute Gasteiger partial charge is 0.464 e. The van der Waals surface area contributed by atoms with E-state index in [1.807, 2.05) is 24.3 Å². The Bertz CT molecular complexity index is 2720. The van der Waals surface area contributed by atoms with Crippen LogP contribution in [0.1, 0.15) is 39.4 Å². The Hall–Kier alpha value is -6.81. The molecule has 6 heterocycles. The van der Waals surface area contributed by atoms with Crippen LogP contribution in [0.4, 0.5) is 0 Å². The number of methoxy groups -OCH3 is 2. The summed E-state index contributed by atoms with van der Waals surface area (Å²) in [4.78, 5) is 49.8. The highest BCUT2D eigenvalue weighted by atomic mass is 127. The van der Waals surface area contributed by atoms with Crippen LogP contribution in [-0.2, 0) is 19.1 Å². The van der Waals surface area contributed by atoms with Crippen molar-refractivity contribution in [3.63, 3.8) is 0 Å². The number of halogens is 1. The topological polar surface area (TPSA) is 221 Å². The Morgan fingerprint density at radius 2 is 1.25 bits per heavy atom. The van der Waals surface area contributed by atoms with E-state index < -0.39 is 29.0 Å². The maximum Gasteiger partial charge on any atom is 0.359 e. The number of amides is 2. The number of likely N-dealkylation sites (tertiary alicyclic amines) is 2. The quantitative estimate of drug-likeness (QED) is 0.147. The van der Waals surface area contributed by atoms with Crippen molar-refractivity contribution < 1.29 is 38.9 Å². The van der Waals surface area contributed by atoms with Crippen LogP contribution in [0.15, 0.2) is 73.1 Å². The molecule has 0 spiro atoms. The normalized spacial score (nSPS) is 18.3. The number of fused-ring (bicyclic) bond motifs is 2. The van der Waals surface area contributed by atoms with E-state index >= 15 is 0 Å². The molecule has 0 radical (unpaired) electrons. The van der Waals surface area contributed by atoms with Crippen molar-refractivity contribution in [3.05, 3.63) is 93.6 Å². The summed E-state index contributed by atoms with van der Waals surface area (Å²) in [5.74, 6) is 5.79. The smallest absolute Gasteiger partial charge is 0.359 e. The second-order valence-electron chi connectivity index (χ2n) is 13.1. The highest BCUT2D eigenvalue weighted by Crippen LogP contribution is 2.24. The molecule has 2 aromatic carbocycles. The third-order valence-electron chi connectivity index (χ3n) is 9.29. The van der Waals surface area contributed by atoms with Crippen LogP contribution < -0.4 is 0 Å². The fourth-order valence-electron chi connectivity index (χ4n) is 6.04. The van der Waals surface area contributed by atoms with Crippen LogP contribution in [0.3, 0.4) is 0 Å². The van der Waals surface area contributed by atoms with Crippen molar-refractivity contribution in [2.24, 2.45) is 0 Å². The van der Waals surface area contributed by atoms with Crippen LogP contribution in [0.5, 0.6) is 0 Å². The third-order valence-corrected chi connectivity index (χ3v) is 9.96. The number of aliphatic hydroxyl groups is 2. The molecule has 6 aromatic rings. The third kappa shape index (κ3) is 8.57. The van der Waals surface area contributed by atoms with Gasteiger partial charge in [0.15, 0.2) is 22.7 Å². The van der Waals surface area contributed by atoms with Crippen molar-refractivity contribution in [2.45, 2.75) is 24.0 Å². The van der Waals surface area contributed by atoms with Gasteiger partial charge in [-0.3, -0.25) is 9.59 Å². The molecule has 0 unspecified atom stereocenters. The Kier molecular flexibility index (Phi) is 12.3. The summed E-state index contributed by atoms with van der Waals surface area (Å²) in [5, 5.41) is 45.4. The second-order valence-corrected chi connectivity index (χ2v) is 14.4. The van der Waals surface area contributed by atoms with E-state index in [0.717, 1.165) is 9.26 Å². The van der Waals surface area contributed by atoms with Gasteiger partial charge < -0.3 is 29.5 Å². The maximum absolute atomic E-state index is 12.1. The lowest BCUT2D eigenvalue weighted by molar-refractivity contribution is -0.138. The number of nitrogens with zero attached hydrogens (tertiary/aromatic N) is 10. The maximum atomic E-state index is 12.1. The molecule has 2 saturated heterocycles. The number of hydrogen-bond acceptors (Lipinski definition) is 14. The zero-order valence-electron chi connectivity index (χ0n) is 32.0. The molecule has 2 N–H and O–H groups in total. The Labute approximate surface area is 350 Å². The molecular weight excluding hydrogens is 875 g/mol.